The van der Waals surface area contributed by atoms with E-state index in [0.717, 1.165) is 0 Å². The average molecular weight is 326 g/mol. The molecule has 0 aliphatic carbocycles. The van der Waals surface area contributed by atoms with Crippen molar-refractivity contribution in [3.05, 3.63) is 55.2 Å². The Balaban J connectivity index is 2.14. The number of thiophene rings is 1. The zero-order chi connectivity index (χ0) is 15.6. The number of rotatable bonds is 5. The Kier molecular flexibility index (Phi) is 4.59. The van der Waals surface area contributed by atoms with Gasteiger partial charge in [0, 0.05) is 12.1 Å². The van der Waals surface area contributed by atoms with E-state index in [2.05, 4.69) is 0 Å². The number of carbonyl (C=O) groups excluding carboxylic acids is 1. The van der Waals surface area contributed by atoms with Crippen LogP contribution in [0, 0.1) is 17.0 Å². The van der Waals surface area contributed by atoms with Crippen molar-refractivity contribution in [2.45, 2.75) is 20.0 Å². The topological polar surface area (TPSA) is 69.4 Å². The Bertz CT molecular complexity index is 698. The maximum absolute atomic E-state index is 12.2. The second-order valence-electron chi connectivity index (χ2n) is 4.43. The number of non-ortho nitro benzene ring substituents is 1. The number of halogens is 1. The number of nitro benzene ring substituents is 1. The first-order chi connectivity index (χ1) is 9.88. The molecule has 1 atom stereocenters. The van der Waals surface area contributed by atoms with E-state index in [-0.39, 0.29) is 11.5 Å². The number of Topliss-reactive ketones (excluding diaryl/α,β-unsaturated/α-hetero) is 1. The third-order valence-corrected chi connectivity index (χ3v) is 4.10. The molecule has 110 valence electrons. The van der Waals surface area contributed by atoms with Crippen molar-refractivity contribution in [3.63, 3.8) is 0 Å². The van der Waals surface area contributed by atoms with Crippen LogP contribution in [0.4, 0.5) is 5.69 Å². The molecule has 0 amide bonds. The molecule has 21 heavy (non-hydrogen) atoms. The van der Waals surface area contributed by atoms with Gasteiger partial charge in [-0.15, -0.1) is 11.3 Å². The molecule has 0 fully saturated rings. The van der Waals surface area contributed by atoms with Crippen LogP contribution in [0.2, 0.25) is 4.34 Å². The third-order valence-electron chi connectivity index (χ3n) is 2.86. The number of aryl methyl sites for hydroxylation is 1. The minimum absolute atomic E-state index is 0.0103. The normalized spacial score (nSPS) is 12.0. The molecular weight excluding hydrogens is 314 g/mol. The molecule has 2 aromatic rings. The molecule has 0 radical (unpaired) electrons. The summed E-state index contributed by atoms with van der Waals surface area (Å²) in [6.07, 6.45) is -0.695. The predicted octanol–water partition coefficient (Wildman–Crippen LogP) is 4.27. The van der Waals surface area contributed by atoms with Gasteiger partial charge < -0.3 is 4.74 Å². The summed E-state index contributed by atoms with van der Waals surface area (Å²) in [7, 11) is 0. The number of hydrogen-bond acceptors (Lipinski definition) is 5. The summed E-state index contributed by atoms with van der Waals surface area (Å²) in [5.74, 6) is 0.272. The van der Waals surface area contributed by atoms with Crippen LogP contribution in [0.15, 0.2) is 30.3 Å². The highest BCUT2D eigenvalue weighted by Gasteiger charge is 2.20. The van der Waals surface area contributed by atoms with E-state index in [9.17, 15) is 14.9 Å². The molecule has 7 heteroatoms. The van der Waals surface area contributed by atoms with Gasteiger partial charge in [-0.1, -0.05) is 11.6 Å². The summed E-state index contributed by atoms with van der Waals surface area (Å²) in [4.78, 5) is 22.9. The highest BCUT2D eigenvalue weighted by Crippen LogP contribution is 2.26. The SMILES string of the molecule is Cc1cc([N+](=O)[O-])ccc1OC(C)C(=O)c1ccc(Cl)s1. The molecule has 0 spiro atoms. The van der Waals surface area contributed by atoms with Gasteiger partial charge in [0.15, 0.2) is 6.10 Å². The lowest BCUT2D eigenvalue weighted by Gasteiger charge is -2.14. The maximum atomic E-state index is 12.2. The molecule has 5 nitrogen and oxygen atoms in total. The number of carbonyl (C=O) groups is 1. The molecule has 0 aliphatic rings. The minimum atomic E-state index is -0.695. The van der Waals surface area contributed by atoms with Gasteiger partial charge >= 0.3 is 0 Å². The molecule has 0 N–H and O–H groups in total. The van der Waals surface area contributed by atoms with Crippen LogP contribution in [0.25, 0.3) is 0 Å². The van der Waals surface area contributed by atoms with Crippen molar-refractivity contribution in [1.29, 1.82) is 0 Å². The summed E-state index contributed by atoms with van der Waals surface area (Å²) in [6, 6.07) is 7.57. The van der Waals surface area contributed by atoms with Gasteiger partial charge in [-0.05, 0) is 37.6 Å². The van der Waals surface area contributed by atoms with Crippen molar-refractivity contribution in [3.8, 4) is 5.75 Å². The number of nitro groups is 1. The number of benzene rings is 1. The Morgan fingerprint density at radius 3 is 2.62 bits per heavy atom. The summed E-state index contributed by atoms with van der Waals surface area (Å²) in [6.45, 7) is 3.33. The Labute approximate surface area is 130 Å². The van der Waals surface area contributed by atoms with Crippen LogP contribution in [0.1, 0.15) is 22.2 Å². The van der Waals surface area contributed by atoms with Gasteiger partial charge in [0.05, 0.1) is 14.1 Å². The second kappa shape index (κ2) is 6.24. The first-order valence-electron chi connectivity index (χ1n) is 6.09. The highest BCUT2D eigenvalue weighted by molar-refractivity contribution is 7.18. The Morgan fingerprint density at radius 1 is 1.38 bits per heavy atom. The van der Waals surface area contributed by atoms with E-state index in [1.807, 2.05) is 0 Å². The number of ketones is 1. The highest BCUT2D eigenvalue weighted by atomic mass is 35.5. The Morgan fingerprint density at radius 2 is 2.10 bits per heavy atom. The summed E-state index contributed by atoms with van der Waals surface area (Å²) >= 11 is 7.00. The third kappa shape index (κ3) is 3.59. The molecule has 1 unspecified atom stereocenters. The molecule has 1 heterocycles. The van der Waals surface area contributed by atoms with Crippen LogP contribution < -0.4 is 4.74 Å². The predicted molar refractivity (Wildman–Crippen MR) is 81.6 cm³/mol. The molecule has 1 aromatic heterocycles. The lowest BCUT2D eigenvalue weighted by Crippen LogP contribution is -2.23. The fraction of sp³-hybridized carbons (Fsp3) is 0.214. The standard InChI is InChI=1S/C14H12ClNO4S/c1-8-7-10(16(18)19)3-4-11(8)20-9(2)14(17)12-5-6-13(15)21-12/h3-7,9H,1-2H3. The largest absolute Gasteiger partial charge is 0.482 e. The number of nitrogens with zero attached hydrogens (tertiary/aromatic N) is 1. The quantitative estimate of drug-likeness (QED) is 0.467. The van der Waals surface area contributed by atoms with Crippen LogP contribution in [0.3, 0.4) is 0 Å². The van der Waals surface area contributed by atoms with Crippen molar-refractivity contribution in [2.24, 2.45) is 0 Å². The molecule has 0 aliphatic heterocycles. The van der Waals surface area contributed by atoms with Crippen LogP contribution in [-0.4, -0.2) is 16.8 Å². The summed E-state index contributed by atoms with van der Waals surface area (Å²) < 4.78 is 6.14. The van der Waals surface area contributed by atoms with Gasteiger partial charge in [0.2, 0.25) is 5.78 Å². The zero-order valence-electron chi connectivity index (χ0n) is 11.3. The van der Waals surface area contributed by atoms with E-state index in [1.54, 1.807) is 26.0 Å². The van der Waals surface area contributed by atoms with Crippen molar-refractivity contribution in [2.75, 3.05) is 0 Å². The van der Waals surface area contributed by atoms with Crippen LogP contribution >= 0.6 is 22.9 Å². The van der Waals surface area contributed by atoms with E-state index >= 15 is 0 Å². The van der Waals surface area contributed by atoms with Crippen molar-refractivity contribution >= 4 is 34.4 Å². The summed E-state index contributed by atoms with van der Waals surface area (Å²) in [5.41, 5.74) is 0.594. The first-order valence-corrected chi connectivity index (χ1v) is 7.29. The van der Waals surface area contributed by atoms with Gasteiger partial charge in [0.1, 0.15) is 5.75 Å². The van der Waals surface area contributed by atoms with Gasteiger partial charge in [-0.3, -0.25) is 14.9 Å². The van der Waals surface area contributed by atoms with Crippen molar-refractivity contribution in [1.82, 2.24) is 0 Å². The van der Waals surface area contributed by atoms with Crippen LogP contribution in [0.5, 0.6) is 5.75 Å². The van der Waals surface area contributed by atoms with E-state index < -0.39 is 11.0 Å². The van der Waals surface area contributed by atoms with E-state index in [0.29, 0.717) is 20.5 Å². The van der Waals surface area contributed by atoms with Gasteiger partial charge in [-0.2, -0.15) is 0 Å². The lowest BCUT2D eigenvalue weighted by atomic mass is 10.2. The van der Waals surface area contributed by atoms with Gasteiger partial charge in [0.25, 0.3) is 5.69 Å². The van der Waals surface area contributed by atoms with E-state index in [4.69, 9.17) is 16.3 Å². The molecule has 0 saturated carbocycles. The molecule has 0 bridgehead atoms. The minimum Gasteiger partial charge on any atom is -0.482 e. The Hall–Kier alpha value is -1.92. The second-order valence-corrected chi connectivity index (χ2v) is 6.15. The lowest BCUT2D eigenvalue weighted by molar-refractivity contribution is -0.384. The zero-order valence-corrected chi connectivity index (χ0v) is 12.9. The average Bonchev–Trinajstić information content (AvgIpc) is 2.86. The molecule has 2 rings (SSSR count). The van der Waals surface area contributed by atoms with Gasteiger partial charge in [-0.25, -0.2) is 0 Å². The van der Waals surface area contributed by atoms with E-state index in [1.165, 1.54) is 29.5 Å². The number of ether oxygens (including phenoxy) is 1. The smallest absolute Gasteiger partial charge is 0.269 e. The summed E-state index contributed by atoms with van der Waals surface area (Å²) in [5, 5.41) is 10.7. The monoisotopic (exact) mass is 325 g/mol. The fourth-order valence-electron chi connectivity index (χ4n) is 1.77. The maximum Gasteiger partial charge on any atom is 0.269 e. The van der Waals surface area contributed by atoms with Crippen LogP contribution in [-0.2, 0) is 0 Å². The first kappa shape index (κ1) is 15.5. The fourth-order valence-corrected chi connectivity index (χ4v) is 2.83. The molecule has 0 saturated heterocycles. The van der Waals surface area contributed by atoms with Crippen molar-refractivity contribution < 1.29 is 14.5 Å². The molecular formula is C14H12ClNO4S. The molecule has 1 aromatic carbocycles. The number of hydrogen-bond donors (Lipinski definition) is 0.